The molecule has 6 nitrogen and oxygen atoms in total. The molecule has 0 aliphatic rings. The molecule has 466 valence electrons. The number of carbonyl (C=O) groups excluding carboxylic acids is 2. The summed E-state index contributed by atoms with van der Waals surface area (Å²) < 4.78 is 5.50. The van der Waals surface area contributed by atoms with Gasteiger partial charge in [-0.25, -0.2) is 0 Å². The number of ether oxygens (including phenoxy) is 1. The third-order valence-corrected chi connectivity index (χ3v) is 16.7. The first-order chi connectivity index (χ1) is 39.0. The third kappa shape index (κ3) is 65.1. The Balaban J connectivity index is 3.37. The van der Waals surface area contributed by atoms with E-state index in [1.165, 1.54) is 315 Å². The Labute approximate surface area is 494 Å². The van der Waals surface area contributed by atoms with E-state index in [0.717, 1.165) is 51.4 Å². The minimum absolute atomic E-state index is 0.0104. The Morgan fingerprint density at radius 2 is 0.633 bits per heavy atom. The molecule has 0 saturated carbocycles. The summed E-state index contributed by atoms with van der Waals surface area (Å²) in [6, 6.07) is -0.626. The van der Waals surface area contributed by atoms with Crippen LogP contribution in [0.25, 0.3) is 0 Å². The normalized spacial score (nSPS) is 12.7. The van der Waals surface area contributed by atoms with E-state index in [1.807, 2.05) is 6.08 Å². The molecule has 0 aromatic carbocycles. The first-order valence-electron chi connectivity index (χ1n) is 35.8. The van der Waals surface area contributed by atoms with E-state index in [1.54, 1.807) is 6.08 Å². The van der Waals surface area contributed by atoms with Gasteiger partial charge < -0.3 is 20.3 Å². The highest BCUT2D eigenvalue weighted by Crippen LogP contribution is 2.19. The predicted octanol–water partition coefficient (Wildman–Crippen LogP) is 23.1. The van der Waals surface area contributed by atoms with Crippen LogP contribution in [0, 0.1) is 0 Å². The van der Waals surface area contributed by atoms with Gasteiger partial charge in [0, 0.05) is 12.8 Å². The number of aliphatic hydroxyl groups excluding tert-OH is 2. The lowest BCUT2D eigenvalue weighted by Crippen LogP contribution is -2.45. The maximum absolute atomic E-state index is 12.5. The van der Waals surface area contributed by atoms with Crippen molar-refractivity contribution < 1.29 is 24.5 Å². The Kier molecular flexibility index (Phi) is 66.9. The SMILES string of the molecule is CCCCC/C=C\C/C=C\CCCCCCCCCC(=O)OCCCCCCCCCCCCCCCCCCCCCCCCCCCCCC(=O)NC(CO)C(O)/C=C/CCCCCCCCCCCCCCCCCC. The average molecular weight is 1110 g/mol. The Morgan fingerprint density at radius 1 is 0.354 bits per heavy atom. The number of rotatable bonds is 67. The number of unbranched alkanes of at least 4 members (excludes halogenated alkanes) is 52. The van der Waals surface area contributed by atoms with Crippen molar-refractivity contribution >= 4 is 11.9 Å². The lowest BCUT2D eigenvalue weighted by molar-refractivity contribution is -0.143. The van der Waals surface area contributed by atoms with Gasteiger partial charge >= 0.3 is 5.97 Å². The number of aliphatic hydroxyl groups is 2. The quantitative estimate of drug-likeness (QED) is 0.0320. The first kappa shape index (κ1) is 77.1. The molecule has 0 radical (unpaired) electrons. The lowest BCUT2D eigenvalue weighted by Gasteiger charge is -2.20. The summed E-state index contributed by atoms with van der Waals surface area (Å²) in [5.41, 5.74) is 0. The Bertz CT molecular complexity index is 1280. The number of nitrogens with one attached hydrogen (secondary N) is 1. The van der Waals surface area contributed by atoms with Crippen molar-refractivity contribution in [3.63, 3.8) is 0 Å². The number of hydrogen-bond acceptors (Lipinski definition) is 5. The summed E-state index contributed by atoms with van der Waals surface area (Å²) in [4.78, 5) is 24.6. The number of esters is 1. The van der Waals surface area contributed by atoms with Gasteiger partial charge in [-0.15, -0.1) is 0 Å². The zero-order valence-electron chi connectivity index (χ0n) is 53.4. The van der Waals surface area contributed by atoms with E-state index in [-0.39, 0.29) is 18.5 Å². The summed E-state index contributed by atoms with van der Waals surface area (Å²) in [6.07, 6.45) is 87.9. The standard InChI is InChI=1S/C73H139NO5/c1-3-5-7-9-11-13-15-17-19-21-34-37-41-45-49-53-57-61-65-71(76)70(69-75)74-72(77)66-62-58-54-50-46-42-38-35-31-29-27-25-23-22-24-26-28-30-32-36-40-44-48-52-56-60-64-68-79-73(78)67-63-59-55-51-47-43-39-33-20-18-16-14-12-10-8-6-4-2/h12,14,18,20,61,65,70-71,75-76H,3-11,13,15-17,19,21-60,62-64,66-69H2,1-2H3,(H,74,77)/b14-12-,20-18-,65-61+. The van der Waals surface area contributed by atoms with Crippen molar-refractivity contribution in [1.29, 1.82) is 0 Å². The molecule has 3 N–H and O–H groups in total. The van der Waals surface area contributed by atoms with Crippen molar-refractivity contribution in [3.05, 3.63) is 36.5 Å². The van der Waals surface area contributed by atoms with Crippen LogP contribution in [-0.2, 0) is 14.3 Å². The molecular formula is C73H139NO5. The third-order valence-electron chi connectivity index (χ3n) is 16.7. The van der Waals surface area contributed by atoms with Crippen molar-refractivity contribution in [2.24, 2.45) is 0 Å². The maximum Gasteiger partial charge on any atom is 0.305 e. The van der Waals surface area contributed by atoms with E-state index in [9.17, 15) is 19.8 Å². The lowest BCUT2D eigenvalue weighted by atomic mass is 10.0. The van der Waals surface area contributed by atoms with Crippen molar-refractivity contribution in [3.8, 4) is 0 Å². The van der Waals surface area contributed by atoms with Gasteiger partial charge in [-0.1, -0.05) is 352 Å². The second-order valence-electron chi connectivity index (χ2n) is 24.6. The molecule has 0 fully saturated rings. The minimum Gasteiger partial charge on any atom is -0.466 e. The summed E-state index contributed by atoms with van der Waals surface area (Å²) in [5.74, 6) is -0.0518. The summed E-state index contributed by atoms with van der Waals surface area (Å²) in [7, 11) is 0. The molecule has 79 heavy (non-hydrogen) atoms. The largest absolute Gasteiger partial charge is 0.466 e. The highest BCUT2D eigenvalue weighted by Gasteiger charge is 2.18. The maximum atomic E-state index is 12.5. The monoisotopic (exact) mass is 1110 g/mol. The first-order valence-corrected chi connectivity index (χ1v) is 35.8. The molecule has 0 aromatic heterocycles. The van der Waals surface area contributed by atoms with Crippen LogP contribution in [0.4, 0.5) is 0 Å². The van der Waals surface area contributed by atoms with Crippen molar-refractivity contribution in [2.45, 2.75) is 405 Å². The smallest absolute Gasteiger partial charge is 0.305 e. The van der Waals surface area contributed by atoms with Gasteiger partial charge in [0.15, 0.2) is 0 Å². The van der Waals surface area contributed by atoms with Crippen LogP contribution in [0.5, 0.6) is 0 Å². The fraction of sp³-hybridized carbons (Fsp3) is 0.890. The number of carbonyl (C=O) groups is 2. The van der Waals surface area contributed by atoms with E-state index in [0.29, 0.717) is 19.4 Å². The van der Waals surface area contributed by atoms with Crippen molar-refractivity contribution in [2.75, 3.05) is 13.2 Å². The molecule has 0 aromatic rings. The molecule has 0 bridgehead atoms. The topological polar surface area (TPSA) is 95.9 Å². The average Bonchev–Trinajstić information content (AvgIpc) is 3.45. The second kappa shape index (κ2) is 68.6. The van der Waals surface area contributed by atoms with Crippen LogP contribution in [0.3, 0.4) is 0 Å². The van der Waals surface area contributed by atoms with Gasteiger partial charge in [-0.05, 0) is 64.2 Å². The molecule has 0 saturated heterocycles. The molecule has 2 atom stereocenters. The Hall–Kier alpha value is -1.92. The molecular weight excluding hydrogens is 971 g/mol. The highest BCUT2D eigenvalue weighted by atomic mass is 16.5. The van der Waals surface area contributed by atoms with Gasteiger partial charge in [0.2, 0.25) is 5.91 Å². The highest BCUT2D eigenvalue weighted by molar-refractivity contribution is 5.76. The van der Waals surface area contributed by atoms with E-state index >= 15 is 0 Å². The van der Waals surface area contributed by atoms with E-state index < -0.39 is 12.1 Å². The van der Waals surface area contributed by atoms with Gasteiger partial charge in [0.05, 0.1) is 25.4 Å². The number of allylic oxidation sites excluding steroid dienone is 5. The zero-order valence-corrected chi connectivity index (χ0v) is 53.4. The van der Waals surface area contributed by atoms with Gasteiger partial charge in [0.25, 0.3) is 0 Å². The fourth-order valence-corrected chi connectivity index (χ4v) is 11.2. The number of amides is 1. The zero-order chi connectivity index (χ0) is 57.1. The fourth-order valence-electron chi connectivity index (χ4n) is 11.2. The molecule has 0 rings (SSSR count). The van der Waals surface area contributed by atoms with Crippen LogP contribution in [-0.4, -0.2) is 47.4 Å². The van der Waals surface area contributed by atoms with Gasteiger partial charge in [0.1, 0.15) is 0 Å². The molecule has 2 unspecified atom stereocenters. The number of hydrogen-bond donors (Lipinski definition) is 3. The molecule has 0 heterocycles. The van der Waals surface area contributed by atoms with E-state index in [2.05, 4.69) is 43.5 Å². The van der Waals surface area contributed by atoms with Gasteiger partial charge in [-0.2, -0.15) is 0 Å². The van der Waals surface area contributed by atoms with Crippen molar-refractivity contribution in [1.82, 2.24) is 5.32 Å². The van der Waals surface area contributed by atoms with Crippen LogP contribution in [0.15, 0.2) is 36.5 Å². The molecule has 0 spiro atoms. The summed E-state index contributed by atoms with van der Waals surface area (Å²) in [6.45, 7) is 4.91. The summed E-state index contributed by atoms with van der Waals surface area (Å²) >= 11 is 0. The molecule has 0 aliphatic carbocycles. The molecule has 0 aliphatic heterocycles. The van der Waals surface area contributed by atoms with Crippen LogP contribution in [0.1, 0.15) is 393 Å². The van der Waals surface area contributed by atoms with Gasteiger partial charge in [-0.3, -0.25) is 9.59 Å². The molecule has 6 heteroatoms. The van der Waals surface area contributed by atoms with Crippen LogP contribution in [0.2, 0.25) is 0 Å². The van der Waals surface area contributed by atoms with E-state index in [4.69, 9.17) is 4.74 Å². The summed E-state index contributed by atoms with van der Waals surface area (Å²) in [5, 5.41) is 23.2. The predicted molar refractivity (Wildman–Crippen MR) is 347 cm³/mol. The van der Waals surface area contributed by atoms with Crippen LogP contribution < -0.4 is 5.32 Å². The Morgan fingerprint density at radius 3 is 0.987 bits per heavy atom. The minimum atomic E-state index is -0.843. The second-order valence-corrected chi connectivity index (χ2v) is 24.6. The molecule has 1 amide bonds. The van der Waals surface area contributed by atoms with Crippen LogP contribution >= 0.6 is 0 Å².